The quantitative estimate of drug-likeness (QED) is 0.612. The lowest BCUT2D eigenvalue weighted by Crippen LogP contribution is -2.24. The smallest absolute Gasteiger partial charge is 0.0111 e. The van der Waals surface area contributed by atoms with Gasteiger partial charge in [-0.25, -0.2) is 0 Å². The molecule has 0 atom stereocenters. The Balaban J connectivity index is 2.28. The van der Waals surface area contributed by atoms with E-state index in [1.54, 1.807) is 0 Å². The molecule has 3 aromatic rings. The fourth-order valence-electron chi connectivity index (χ4n) is 2.50. The number of benzene rings is 3. The molecule has 0 heteroatoms. The Hall–Kier alpha value is -2.34. The highest BCUT2D eigenvalue weighted by Crippen LogP contribution is 2.21. The summed E-state index contributed by atoms with van der Waals surface area (Å²) >= 11 is 0. The average Bonchev–Trinajstić information content (AvgIpc) is 2.47. The predicted molar refractivity (Wildman–Crippen MR) is 84.3 cm³/mol. The van der Waals surface area contributed by atoms with E-state index in [-0.39, 0.29) is 0 Å². The van der Waals surface area contributed by atoms with E-state index in [0.717, 1.165) is 5.22 Å². The van der Waals surface area contributed by atoms with Gasteiger partial charge in [-0.1, -0.05) is 67.3 Å². The number of rotatable bonds is 1. The van der Waals surface area contributed by atoms with Crippen LogP contribution >= 0.6 is 0 Å². The second-order valence-corrected chi connectivity index (χ2v) is 4.72. The Labute approximate surface area is 113 Å². The van der Waals surface area contributed by atoms with Gasteiger partial charge in [0.15, 0.2) is 0 Å². The average molecular weight is 244 g/mol. The first kappa shape index (κ1) is 11.7. The molecule has 0 aromatic heterocycles. The summed E-state index contributed by atoms with van der Waals surface area (Å²) in [7, 11) is 0. The lowest BCUT2D eigenvalue weighted by atomic mass is 9.99. The molecule has 0 N–H and O–H groups in total. The first-order chi connectivity index (χ1) is 9.29. The molecule has 0 spiro atoms. The van der Waals surface area contributed by atoms with Gasteiger partial charge in [-0.05, 0) is 45.3 Å². The lowest BCUT2D eigenvalue weighted by molar-refractivity contribution is 1.50. The largest absolute Gasteiger partial charge is 0.0905 e. The second-order valence-electron chi connectivity index (χ2n) is 4.72. The van der Waals surface area contributed by atoms with Crippen LogP contribution in [-0.4, -0.2) is 0 Å². The third-order valence-corrected chi connectivity index (χ3v) is 3.58. The molecular formula is C19H16. The number of fused-ring (bicyclic) bond motifs is 1. The molecule has 0 unspecified atom stereocenters. The Morgan fingerprint density at radius 2 is 1.63 bits per heavy atom. The van der Waals surface area contributed by atoms with Crippen molar-refractivity contribution in [2.75, 3.05) is 0 Å². The summed E-state index contributed by atoms with van der Waals surface area (Å²) in [5.41, 5.74) is 2.44. The highest BCUT2D eigenvalue weighted by molar-refractivity contribution is 5.87. The van der Waals surface area contributed by atoms with Crippen molar-refractivity contribution >= 4 is 23.4 Å². The summed E-state index contributed by atoms with van der Waals surface area (Å²) in [5, 5.41) is 4.84. The van der Waals surface area contributed by atoms with Gasteiger partial charge in [-0.2, -0.15) is 0 Å². The van der Waals surface area contributed by atoms with E-state index in [4.69, 9.17) is 0 Å². The van der Waals surface area contributed by atoms with Crippen molar-refractivity contribution in [1.82, 2.24) is 0 Å². The van der Waals surface area contributed by atoms with Crippen LogP contribution in [0.3, 0.4) is 0 Å². The van der Waals surface area contributed by atoms with Crippen molar-refractivity contribution in [2.45, 2.75) is 6.92 Å². The Morgan fingerprint density at radius 1 is 0.842 bits per heavy atom. The van der Waals surface area contributed by atoms with Gasteiger partial charge in [-0.3, -0.25) is 0 Å². The van der Waals surface area contributed by atoms with E-state index >= 15 is 0 Å². The summed E-state index contributed by atoms with van der Waals surface area (Å²) in [6, 6.07) is 21.4. The van der Waals surface area contributed by atoms with E-state index in [0.29, 0.717) is 0 Å². The van der Waals surface area contributed by atoms with Gasteiger partial charge in [0.2, 0.25) is 0 Å². The van der Waals surface area contributed by atoms with E-state index in [2.05, 4.69) is 73.3 Å². The standard InChI is InChI=1S/C19H16/c1-3-15-9-6-10-19(14(15)2)18-12-11-16-7-4-5-8-17(16)13-18/h3-13H,2H2,1H3/b15-3-. The highest BCUT2D eigenvalue weighted by atomic mass is 14.0. The molecule has 19 heavy (non-hydrogen) atoms. The molecule has 92 valence electrons. The van der Waals surface area contributed by atoms with Crippen molar-refractivity contribution in [3.05, 3.63) is 71.1 Å². The summed E-state index contributed by atoms with van der Waals surface area (Å²) in [4.78, 5) is 0. The molecule has 0 amide bonds. The van der Waals surface area contributed by atoms with Crippen molar-refractivity contribution in [3.8, 4) is 11.1 Å². The zero-order valence-corrected chi connectivity index (χ0v) is 11.1. The van der Waals surface area contributed by atoms with Gasteiger partial charge in [0.05, 0.1) is 0 Å². The van der Waals surface area contributed by atoms with Crippen LogP contribution in [0.2, 0.25) is 0 Å². The van der Waals surface area contributed by atoms with Crippen LogP contribution in [0.15, 0.2) is 60.7 Å². The van der Waals surface area contributed by atoms with Gasteiger partial charge in [-0.15, -0.1) is 0 Å². The molecule has 0 bridgehead atoms. The van der Waals surface area contributed by atoms with Crippen LogP contribution in [0.1, 0.15) is 6.92 Å². The first-order valence-corrected chi connectivity index (χ1v) is 6.53. The SMILES string of the molecule is C=c1c(-c2ccc3ccccc3c2)ccc/c1=C/C. The van der Waals surface area contributed by atoms with Crippen LogP contribution in [0.5, 0.6) is 0 Å². The predicted octanol–water partition coefficient (Wildman–Crippen LogP) is 3.72. The number of hydrogen-bond donors (Lipinski definition) is 0. The summed E-state index contributed by atoms with van der Waals surface area (Å²) in [6.45, 7) is 6.27. The van der Waals surface area contributed by atoms with Crippen molar-refractivity contribution < 1.29 is 0 Å². The van der Waals surface area contributed by atoms with Crippen molar-refractivity contribution in [3.63, 3.8) is 0 Å². The summed E-state index contributed by atoms with van der Waals surface area (Å²) < 4.78 is 0. The van der Waals surface area contributed by atoms with Crippen LogP contribution in [0, 0.1) is 0 Å². The monoisotopic (exact) mass is 244 g/mol. The zero-order chi connectivity index (χ0) is 13.2. The third-order valence-electron chi connectivity index (χ3n) is 3.58. The minimum Gasteiger partial charge on any atom is -0.0905 e. The van der Waals surface area contributed by atoms with E-state index in [9.17, 15) is 0 Å². The molecule has 3 rings (SSSR count). The van der Waals surface area contributed by atoms with Crippen LogP contribution in [0.4, 0.5) is 0 Å². The van der Waals surface area contributed by atoms with E-state index in [1.807, 2.05) is 6.92 Å². The molecule has 0 heterocycles. The molecule has 0 aliphatic carbocycles. The molecule has 0 nitrogen and oxygen atoms in total. The fraction of sp³-hybridized carbons (Fsp3) is 0.0526. The van der Waals surface area contributed by atoms with Crippen molar-refractivity contribution in [2.24, 2.45) is 0 Å². The minimum atomic E-state index is 1.10. The molecule has 0 saturated heterocycles. The topological polar surface area (TPSA) is 0 Å². The highest BCUT2D eigenvalue weighted by Gasteiger charge is 2.00. The van der Waals surface area contributed by atoms with E-state index < -0.39 is 0 Å². The molecule has 0 saturated carbocycles. The Kier molecular flexibility index (Phi) is 2.92. The second kappa shape index (κ2) is 4.74. The molecule has 0 aliphatic rings. The lowest BCUT2D eigenvalue weighted by Gasteiger charge is -2.05. The molecule has 0 radical (unpaired) electrons. The maximum atomic E-state index is 4.22. The maximum Gasteiger partial charge on any atom is -0.0111 e. The van der Waals surface area contributed by atoms with Gasteiger partial charge < -0.3 is 0 Å². The fourth-order valence-corrected chi connectivity index (χ4v) is 2.50. The molecule has 0 fully saturated rings. The molecule has 0 aliphatic heterocycles. The summed E-state index contributed by atoms with van der Waals surface area (Å²) in [5.74, 6) is 0. The molecule has 3 aromatic carbocycles. The van der Waals surface area contributed by atoms with Crippen molar-refractivity contribution in [1.29, 1.82) is 0 Å². The third kappa shape index (κ3) is 2.06. The Morgan fingerprint density at radius 3 is 2.42 bits per heavy atom. The zero-order valence-electron chi connectivity index (χ0n) is 11.1. The van der Waals surface area contributed by atoms with E-state index in [1.165, 1.54) is 27.1 Å². The normalized spacial score (nSPS) is 11.9. The van der Waals surface area contributed by atoms with Crippen LogP contribution in [0.25, 0.3) is 34.6 Å². The van der Waals surface area contributed by atoms with Gasteiger partial charge in [0.1, 0.15) is 0 Å². The van der Waals surface area contributed by atoms with Gasteiger partial charge in [0.25, 0.3) is 0 Å². The Bertz CT molecular complexity index is 841. The summed E-state index contributed by atoms with van der Waals surface area (Å²) in [6.07, 6.45) is 2.10. The number of hydrogen-bond acceptors (Lipinski definition) is 0. The van der Waals surface area contributed by atoms with Gasteiger partial charge in [0, 0.05) is 0 Å². The van der Waals surface area contributed by atoms with Gasteiger partial charge >= 0.3 is 0 Å². The first-order valence-electron chi connectivity index (χ1n) is 6.53. The van der Waals surface area contributed by atoms with Crippen LogP contribution in [-0.2, 0) is 0 Å². The molecular weight excluding hydrogens is 228 g/mol. The van der Waals surface area contributed by atoms with Crippen LogP contribution < -0.4 is 10.4 Å². The minimum absolute atomic E-state index is 1.10. The maximum absolute atomic E-state index is 4.22.